The van der Waals surface area contributed by atoms with Gasteiger partial charge in [-0.25, -0.2) is 0 Å². The Morgan fingerprint density at radius 2 is 2.17 bits per heavy atom. The third-order valence-electron chi connectivity index (χ3n) is 1.99. The Bertz CT molecular complexity index is 276. The SMILES string of the molecule is C=Cc1nc(N2CCCC2)no1. The number of hydrogen-bond donors (Lipinski definition) is 0. The number of nitrogens with zero attached hydrogens (tertiary/aromatic N) is 3. The van der Waals surface area contributed by atoms with Crippen LogP contribution in [0.4, 0.5) is 5.95 Å². The molecule has 64 valence electrons. The summed E-state index contributed by atoms with van der Waals surface area (Å²) in [6.45, 7) is 5.63. The lowest BCUT2D eigenvalue weighted by atomic mass is 10.4. The van der Waals surface area contributed by atoms with Gasteiger partial charge in [0.05, 0.1) is 0 Å². The maximum Gasteiger partial charge on any atom is 0.266 e. The van der Waals surface area contributed by atoms with Crippen molar-refractivity contribution in [1.82, 2.24) is 10.1 Å². The van der Waals surface area contributed by atoms with Crippen molar-refractivity contribution in [3.63, 3.8) is 0 Å². The minimum atomic E-state index is 0.497. The minimum Gasteiger partial charge on any atom is -0.338 e. The van der Waals surface area contributed by atoms with Gasteiger partial charge in [-0.05, 0) is 24.1 Å². The highest BCUT2D eigenvalue weighted by Crippen LogP contribution is 2.16. The summed E-state index contributed by atoms with van der Waals surface area (Å²) < 4.78 is 4.91. The van der Waals surface area contributed by atoms with E-state index in [1.165, 1.54) is 12.8 Å². The minimum absolute atomic E-state index is 0.497. The van der Waals surface area contributed by atoms with Gasteiger partial charge in [-0.2, -0.15) is 4.98 Å². The van der Waals surface area contributed by atoms with E-state index in [0.717, 1.165) is 13.1 Å². The maximum atomic E-state index is 4.91. The molecule has 0 unspecified atom stereocenters. The van der Waals surface area contributed by atoms with Crippen molar-refractivity contribution in [1.29, 1.82) is 0 Å². The topological polar surface area (TPSA) is 42.2 Å². The molecule has 1 aliphatic heterocycles. The van der Waals surface area contributed by atoms with Crippen LogP contribution in [0.5, 0.6) is 0 Å². The van der Waals surface area contributed by atoms with Gasteiger partial charge in [-0.1, -0.05) is 6.58 Å². The van der Waals surface area contributed by atoms with Crippen LogP contribution in [0, 0.1) is 0 Å². The van der Waals surface area contributed by atoms with Crippen LogP contribution in [0.3, 0.4) is 0 Å². The van der Waals surface area contributed by atoms with Crippen LogP contribution in [-0.4, -0.2) is 23.2 Å². The summed E-state index contributed by atoms with van der Waals surface area (Å²) in [4.78, 5) is 6.26. The molecule has 4 heteroatoms. The Labute approximate surface area is 70.9 Å². The molecule has 1 saturated heterocycles. The van der Waals surface area contributed by atoms with Crippen molar-refractivity contribution >= 4 is 12.0 Å². The zero-order valence-electron chi connectivity index (χ0n) is 6.86. The van der Waals surface area contributed by atoms with Crippen molar-refractivity contribution in [2.75, 3.05) is 18.0 Å². The summed E-state index contributed by atoms with van der Waals surface area (Å²) in [5, 5.41) is 3.84. The van der Waals surface area contributed by atoms with Crippen LogP contribution < -0.4 is 4.90 Å². The predicted molar refractivity (Wildman–Crippen MR) is 45.8 cm³/mol. The molecule has 1 fully saturated rings. The van der Waals surface area contributed by atoms with E-state index in [4.69, 9.17) is 4.52 Å². The van der Waals surface area contributed by atoms with Gasteiger partial charge in [-0.3, -0.25) is 0 Å². The molecule has 1 aliphatic rings. The molecule has 0 aliphatic carbocycles. The monoisotopic (exact) mass is 165 g/mol. The zero-order chi connectivity index (χ0) is 8.39. The van der Waals surface area contributed by atoms with E-state index in [2.05, 4.69) is 21.6 Å². The summed E-state index contributed by atoms with van der Waals surface area (Å²) in [6, 6.07) is 0. The molecular formula is C8H11N3O. The first-order valence-corrected chi connectivity index (χ1v) is 4.11. The van der Waals surface area contributed by atoms with Crippen LogP contribution >= 0.6 is 0 Å². The van der Waals surface area contributed by atoms with Crippen LogP contribution in [0.2, 0.25) is 0 Å². The fourth-order valence-corrected chi connectivity index (χ4v) is 1.36. The molecule has 0 N–H and O–H groups in total. The van der Waals surface area contributed by atoms with Crippen molar-refractivity contribution in [3.8, 4) is 0 Å². The standard InChI is InChI=1S/C8H11N3O/c1-2-7-9-8(10-12-7)11-5-3-4-6-11/h2H,1,3-6H2. The smallest absolute Gasteiger partial charge is 0.266 e. The van der Waals surface area contributed by atoms with Crippen LogP contribution in [0.15, 0.2) is 11.1 Å². The Morgan fingerprint density at radius 1 is 1.42 bits per heavy atom. The van der Waals surface area contributed by atoms with Gasteiger partial charge in [0.2, 0.25) is 0 Å². The highest BCUT2D eigenvalue weighted by Gasteiger charge is 2.16. The first-order valence-electron chi connectivity index (χ1n) is 4.11. The first-order chi connectivity index (χ1) is 5.90. The molecule has 2 heterocycles. The van der Waals surface area contributed by atoms with Gasteiger partial charge in [0.25, 0.3) is 11.8 Å². The Balaban J connectivity index is 2.16. The molecule has 1 aromatic rings. The molecular weight excluding hydrogens is 154 g/mol. The lowest BCUT2D eigenvalue weighted by molar-refractivity contribution is 0.409. The normalized spacial score (nSPS) is 16.8. The number of aromatic nitrogens is 2. The van der Waals surface area contributed by atoms with Crippen LogP contribution in [-0.2, 0) is 0 Å². The van der Waals surface area contributed by atoms with Gasteiger partial charge < -0.3 is 9.42 Å². The summed E-state index contributed by atoms with van der Waals surface area (Å²) in [5.41, 5.74) is 0. The average Bonchev–Trinajstić information content (AvgIpc) is 2.75. The summed E-state index contributed by atoms with van der Waals surface area (Å²) in [7, 11) is 0. The second-order valence-corrected chi connectivity index (χ2v) is 2.83. The van der Waals surface area contributed by atoms with Crippen molar-refractivity contribution < 1.29 is 4.52 Å². The van der Waals surface area contributed by atoms with Crippen LogP contribution in [0.25, 0.3) is 6.08 Å². The van der Waals surface area contributed by atoms with E-state index >= 15 is 0 Å². The summed E-state index contributed by atoms with van der Waals surface area (Å²) >= 11 is 0. The van der Waals surface area contributed by atoms with E-state index in [-0.39, 0.29) is 0 Å². The largest absolute Gasteiger partial charge is 0.338 e. The molecule has 0 radical (unpaired) electrons. The molecule has 0 spiro atoms. The molecule has 12 heavy (non-hydrogen) atoms. The van der Waals surface area contributed by atoms with Crippen LogP contribution in [0.1, 0.15) is 18.7 Å². The lowest BCUT2D eigenvalue weighted by Gasteiger charge is -2.09. The molecule has 1 aromatic heterocycles. The van der Waals surface area contributed by atoms with Crippen molar-refractivity contribution in [2.45, 2.75) is 12.8 Å². The van der Waals surface area contributed by atoms with E-state index in [1.807, 2.05) is 0 Å². The number of hydrogen-bond acceptors (Lipinski definition) is 4. The van der Waals surface area contributed by atoms with E-state index in [9.17, 15) is 0 Å². The fourth-order valence-electron chi connectivity index (χ4n) is 1.36. The van der Waals surface area contributed by atoms with Crippen molar-refractivity contribution in [3.05, 3.63) is 12.5 Å². The summed E-state index contributed by atoms with van der Waals surface area (Å²) in [5.74, 6) is 1.19. The number of rotatable bonds is 2. The van der Waals surface area contributed by atoms with Crippen molar-refractivity contribution in [2.24, 2.45) is 0 Å². The quantitative estimate of drug-likeness (QED) is 0.662. The third-order valence-corrected chi connectivity index (χ3v) is 1.99. The van der Waals surface area contributed by atoms with E-state index in [0.29, 0.717) is 11.8 Å². The predicted octanol–water partition coefficient (Wildman–Crippen LogP) is 1.31. The van der Waals surface area contributed by atoms with E-state index < -0.39 is 0 Å². The van der Waals surface area contributed by atoms with E-state index in [1.54, 1.807) is 6.08 Å². The second kappa shape index (κ2) is 2.97. The van der Waals surface area contributed by atoms with Gasteiger partial charge in [-0.15, -0.1) is 0 Å². The second-order valence-electron chi connectivity index (χ2n) is 2.83. The molecule has 0 amide bonds. The molecule has 0 atom stereocenters. The van der Waals surface area contributed by atoms with Gasteiger partial charge in [0.1, 0.15) is 0 Å². The summed E-state index contributed by atoms with van der Waals surface area (Å²) in [6.07, 6.45) is 4.00. The van der Waals surface area contributed by atoms with Gasteiger partial charge in [0.15, 0.2) is 0 Å². The molecule has 2 rings (SSSR count). The molecule has 0 saturated carbocycles. The Hall–Kier alpha value is -1.32. The maximum absolute atomic E-state index is 4.91. The zero-order valence-corrected chi connectivity index (χ0v) is 6.86. The molecule has 0 aromatic carbocycles. The average molecular weight is 165 g/mol. The Morgan fingerprint density at radius 3 is 2.75 bits per heavy atom. The molecule has 0 bridgehead atoms. The fraction of sp³-hybridized carbons (Fsp3) is 0.500. The molecule has 4 nitrogen and oxygen atoms in total. The lowest BCUT2D eigenvalue weighted by Crippen LogP contribution is -2.18. The highest BCUT2D eigenvalue weighted by molar-refractivity contribution is 5.38. The first kappa shape index (κ1) is 7.34. The van der Waals surface area contributed by atoms with Gasteiger partial charge in [0, 0.05) is 13.1 Å². The third kappa shape index (κ3) is 1.20. The Kier molecular flexibility index (Phi) is 1.81. The highest BCUT2D eigenvalue weighted by atomic mass is 16.5. The van der Waals surface area contributed by atoms with Gasteiger partial charge >= 0.3 is 0 Å². The number of anilines is 1.